The van der Waals surface area contributed by atoms with E-state index in [1.165, 1.54) is 17.7 Å². The summed E-state index contributed by atoms with van der Waals surface area (Å²) in [5.41, 5.74) is 3.00. The van der Waals surface area contributed by atoms with Crippen LogP contribution in [0.4, 0.5) is 8.78 Å². The van der Waals surface area contributed by atoms with Crippen molar-refractivity contribution in [3.63, 3.8) is 0 Å². The van der Waals surface area contributed by atoms with Crippen LogP contribution < -0.4 is 15.4 Å². The van der Waals surface area contributed by atoms with Crippen LogP contribution in [0.3, 0.4) is 0 Å². The van der Waals surface area contributed by atoms with Gasteiger partial charge in [0, 0.05) is 24.7 Å². The van der Waals surface area contributed by atoms with E-state index in [0.717, 1.165) is 18.1 Å². The van der Waals surface area contributed by atoms with E-state index >= 15 is 0 Å². The third-order valence-electron chi connectivity index (χ3n) is 5.65. The average molecular weight is 483 g/mol. The molecular formula is C28H32F2N2O3. The van der Waals surface area contributed by atoms with Gasteiger partial charge in [-0.1, -0.05) is 37.3 Å². The molecular weight excluding hydrogens is 450 g/mol. The van der Waals surface area contributed by atoms with Gasteiger partial charge in [0.2, 0.25) is 0 Å². The van der Waals surface area contributed by atoms with Crippen LogP contribution in [0.5, 0.6) is 5.75 Å². The monoisotopic (exact) mass is 482 g/mol. The van der Waals surface area contributed by atoms with Gasteiger partial charge in [0.25, 0.3) is 5.91 Å². The molecule has 0 fully saturated rings. The van der Waals surface area contributed by atoms with Gasteiger partial charge in [0.1, 0.15) is 17.4 Å². The topological polar surface area (TPSA) is 70.6 Å². The highest BCUT2D eigenvalue weighted by molar-refractivity contribution is 5.94. The van der Waals surface area contributed by atoms with Crippen molar-refractivity contribution in [1.82, 2.24) is 10.6 Å². The predicted molar refractivity (Wildman–Crippen MR) is 132 cm³/mol. The van der Waals surface area contributed by atoms with Crippen LogP contribution >= 0.6 is 0 Å². The van der Waals surface area contributed by atoms with Gasteiger partial charge < -0.3 is 20.5 Å². The molecule has 0 spiro atoms. The first kappa shape index (κ1) is 26.3. The zero-order chi connectivity index (χ0) is 25.2. The second-order valence-corrected chi connectivity index (χ2v) is 8.39. The molecule has 0 saturated carbocycles. The molecule has 0 saturated heterocycles. The number of rotatable bonds is 12. The van der Waals surface area contributed by atoms with Crippen LogP contribution in [0.1, 0.15) is 40.9 Å². The van der Waals surface area contributed by atoms with E-state index in [1.54, 1.807) is 24.3 Å². The van der Waals surface area contributed by atoms with Crippen molar-refractivity contribution in [2.24, 2.45) is 0 Å². The zero-order valence-electron chi connectivity index (χ0n) is 20.1. The maximum absolute atomic E-state index is 13.8. The summed E-state index contributed by atoms with van der Waals surface area (Å²) in [7, 11) is 0. The number of carbonyl (C=O) groups is 1. The number of ether oxygens (including phenoxy) is 1. The van der Waals surface area contributed by atoms with E-state index in [-0.39, 0.29) is 13.0 Å². The first-order chi connectivity index (χ1) is 16.9. The minimum Gasteiger partial charge on any atom is -0.494 e. The van der Waals surface area contributed by atoms with Crippen molar-refractivity contribution in [3.8, 4) is 5.75 Å². The number of aryl methyl sites for hydroxylation is 1. The van der Waals surface area contributed by atoms with Crippen LogP contribution in [0, 0.1) is 11.6 Å². The number of amides is 1. The Bertz CT molecular complexity index is 1100. The van der Waals surface area contributed by atoms with Gasteiger partial charge in [-0.05, 0) is 66.8 Å². The lowest BCUT2D eigenvalue weighted by Crippen LogP contribution is -2.48. The van der Waals surface area contributed by atoms with Crippen LogP contribution in [0.15, 0.2) is 66.7 Å². The minimum absolute atomic E-state index is 0.0553. The third-order valence-corrected chi connectivity index (χ3v) is 5.65. The lowest BCUT2D eigenvalue weighted by Gasteiger charge is -2.25. The second-order valence-electron chi connectivity index (χ2n) is 8.39. The number of hydrogen-bond acceptors (Lipinski definition) is 4. The van der Waals surface area contributed by atoms with E-state index in [4.69, 9.17) is 4.74 Å². The molecule has 35 heavy (non-hydrogen) atoms. The van der Waals surface area contributed by atoms with Crippen molar-refractivity contribution in [3.05, 3.63) is 101 Å². The quantitative estimate of drug-likeness (QED) is 0.358. The fourth-order valence-corrected chi connectivity index (χ4v) is 3.88. The third kappa shape index (κ3) is 8.16. The summed E-state index contributed by atoms with van der Waals surface area (Å²) in [6.45, 7) is 5.12. The van der Waals surface area contributed by atoms with Crippen molar-refractivity contribution in [1.29, 1.82) is 0 Å². The summed E-state index contributed by atoms with van der Waals surface area (Å²) in [5, 5.41) is 17.0. The average Bonchev–Trinajstić information content (AvgIpc) is 2.83. The first-order valence-corrected chi connectivity index (χ1v) is 11.8. The fraction of sp³-hybridized carbons (Fsp3) is 0.321. The molecule has 186 valence electrons. The molecule has 0 aliphatic rings. The Morgan fingerprint density at radius 2 is 1.66 bits per heavy atom. The van der Waals surface area contributed by atoms with Crippen molar-refractivity contribution in [2.75, 3.05) is 13.2 Å². The summed E-state index contributed by atoms with van der Waals surface area (Å²) in [4.78, 5) is 13.0. The van der Waals surface area contributed by atoms with Gasteiger partial charge >= 0.3 is 0 Å². The Morgan fingerprint density at radius 1 is 0.943 bits per heavy atom. The molecule has 0 heterocycles. The minimum atomic E-state index is -1.00. The van der Waals surface area contributed by atoms with E-state index in [2.05, 4.69) is 29.7 Å². The Balaban J connectivity index is 1.72. The largest absolute Gasteiger partial charge is 0.494 e. The lowest BCUT2D eigenvalue weighted by molar-refractivity contribution is 0.0829. The summed E-state index contributed by atoms with van der Waals surface area (Å²) in [5.74, 6) is -1.28. The normalized spacial score (nSPS) is 12.7. The summed E-state index contributed by atoms with van der Waals surface area (Å²) < 4.78 is 33.0. The number of aliphatic hydroxyl groups excluding tert-OH is 1. The Kier molecular flexibility index (Phi) is 9.76. The van der Waals surface area contributed by atoms with Crippen molar-refractivity contribution < 1.29 is 23.4 Å². The second kappa shape index (κ2) is 13.0. The Hall–Kier alpha value is -3.29. The molecule has 7 heteroatoms. The molecule has 5 nitrogen and oxygen atoms in total. The van der Waals surface area contributed by atoms with Gasteiger partial charge in [-0.3, -0.25) is 4.79 Å². The number of halogens is 2. The SMILES string of the molecule is CCOc1cccc(C(=O)N[C@@H](Cc2cc(F)cc(F)c2)[C@@H](O)CNCc2cccc(CC)c2)c1. The van der Waals surface area contributed by atoms with Crippen molar-refractivity contribution >= 4 is 5.91 Å². The summed E-state index contributed by atoms with van der Waals surface area (Å²) in [6.07, 6.45) is -0.0198. The van der Waals surface area contributed by atoms with E-state index in [0.29, 0.717) is 30.0 Å². The van der Waals surface area contributed by atoms with Crippen LogP contribution in [0.25, 0.3) is 0 Å². The standard InChI is InChI=1S/C28H32F2N2O3/c1-3-19-7-5-8-20(11-19)17-31-18-27(33)26(14-21-12-23(29)16-24(30)13-21)32-28(34)22-9-6-10-25(15-22)35-4-2/h5-13,15-16,26-27,31,33H,3-4,14,17-18H2,1-2H3,(H,32,34)/t26-,27-/m0/s1. The molecule has 0 radical (unpaired) electrons. The molecule has 0 unspecified atom stereocenters. The smallest absolute Gasteiger partial charge is 0.251 e. The highest BCUT2D eigenvalue weighted by atomic mass is 19.1. The van der Waals surface area contributed by atoms with E-state index < -0.39 is 29.7 Å². The number of aliphatic hydroxyl groups is 1. The molecule has 0 aliphatic heterocycles. The molecule has 3 rings (SSSR count). The molecule has 0 aromatic heterocycles. The Labute approximate surface area is 205 Å². The molecule has 2 atom stereocenters. The van der Waals surface area contributed by atoms with Gasteiger partial charge in [-0.2, -0.15) is 0 Å². The summed E-state index contributed by atoms with van der Waals surface area (Å²) in [6, 6.07) is 17.3. The van der Waals surface area contributed by atoms with Gasteiger partial charge in [-0.15, -0.1) is 0 Å². The van der Waals surface area contributed by atoms with E-state index in [1.807, 2.05) is 19.1 Å². The fourth-order valence-electron chi connectivity index (χ4n) is 3.88. The zero-order valence-corrected chi connectivity index (χ0v) is 20.1. The first-order valence-electron chi connectivity index (χ1n) is 11.8. The van der Waals surface area contributed by atoms with E-state index in [9.17, 15) is 18.7 Å². The van der Waals surface area contributed by atoms with Crippen LogP contribution in [0.2, 0.25) is 0 Å². The van der Waals surface area contributed by atoms with Gasteiger partial charge in [0.15, 0.2) is 0 Å². The highest BCUT2D eigenvalue weighted by Gasteiger charge is 2.23. The number of benzene rings is 3. The summed E-state index contributed by atoms with van der Waals surface area (Å²) >= 11 is 0. The number of hydrogen-bond donors (Lipinski definition) is 3. The molecule has 3 aromatic rings. The maximum Gasteiger partial charge on any atom is 0.251 e. The predicted octanol–water partition coefficient (Wildman–Crippen LogP) is 4.42. The van der Waals surface area contributed by atoms with Crippen molar-refractivity contribution in [2.45, 2.75) is 45.4 Å². The molecule has 0 aliphatic carbocycles. The Morgan fingerprint density at radius 3 is 2.37 bits per heavy atom. The van der Waals surface area contributed by atoms with Crippen LogP contribution in [-0.4, -0.2) is 36.3 Å². The van der Waals surface area contributed by atoms with Crippen LogP contribution in [-0.2, 0) is 19.4 Å². The molecule has 0 bridgehead atoms. The molecule has 3 aromatic carbocycles. The lowest BCUT2D eigenvalue weighted by atomic mass is 10.00. The highest BCUT2D eigenvalue weighted by Crippen LogP contribution is 2.16. The number of carbonyl (C=O) groups excluding carboxylic acids is 1. The molecule has 1 amide bonds. The van der Waals surface area contributed by atoms with Gasteiger partial charge in [0.05, 0.1) is 18.8 Å². The molecule has 3 N–H and O–H groups in total. The number of nitrogens with one attached hydrogen (secondary N) is 2. The van der Waals surface area contributed by atoms with Gasteiger partial charge in [-0.25, -0.2) is 8.78 Å². The maximum atomic E-state index is 13.8.